The lowest BCUT2D eigenvalue weighted by Crippen LogP contribution is -2.10. The van der Waals surface area contributed by atoms with Crippen molar-refractivity contribution in [3.05, 3.63) is 255 Å². The molecule has 5 heteroatoms. The maximum Gasteiger partial charge on any atom is 0.0640 e. The van der Waals surface area contributed by atoms with Crippen LogP contribution >= 0.6 is 11.3 Å². The van der Waals surface area contributed by atoms with Gasteiger partial charge in [0.15, 0.2) is 0 Å². The van der Waals surface area contributed by atoms with Gasteiger partial charge in [-0.2, -0.15) is 0 Å². The molecule has 12 rings (SSSR count). The molecule has 2 heterocycles. The van der Waals surface area contributed by atoms with Crippen LogP contribution in [-0.4, -0.2) is 4.57 Å². The van der Waals surface area contributed by atoms with E-state index in [2.05, 4.69) is 274 Å². The summed E-state index contributed by atoms with van der Waals surface area (Å²) in [5.41, 5.74) is 13.5. The smallest absolute Gasteiger partial charge is 0.0640 e. The predicted octanol–water partition coefficient (Wildman–Crippen LogP) is 17.6. The Kier molecular flexibility index (Phi) is 9.66. The first kappa shape index (κ1) is 38.3. The number of rotatable bonds is 10. The van der Waals surface area contributed by atoms with Crippen molar-refractivity contribution in [2.45, 2.75) is 0 Å². The highest BCUT2D eigenvalue weighted by Gasteiger charge is 2.22. The first-order valence-corrected chi connectivity index (χ1v) is 22.8. The quantitative estimate of drug-likeness (QED) is 0.136. The van der Waals surface area contributed by atoms with E-state index in [0.29, 0.717) is 0 Å². The number of hydrogen-bond donors (Lipinski definition) is 0. The van der Waals surface area contributed by atoms with E-state index in [1.165, 1.54) is 42.1 Å². The first-order chi connectivity index (χ1) is 32.3. The van der Waals surface area contributed by atoms with Crippen molar-refractivity contribution in [1.29, 1.82) is 0 Å². The fourth-order valence-corrected chi connectivity index (χ4v) is 10.6. The van der Waals surface area contributed by atoms with Crippen LogP contribution in [0.15, 0.2) is 255 Å². The van der Waals surface area contributed by atoms with Crippen molar-refractivity contribution in [3.63, 3.8) is 0 Å². The molecule has 2 aromatic heterocycles. The number of aromatic nitrogens is 1. The molecule has 0 aliphatic carbocycles. The number of hydrogen-bond acceptors (Lipinski definition) is 4. The minimum absolute atomic E-state index is 1.09. The van der Waals surface area contributed by atoms with Gasteiger partial charge >= 0.3 is 0 Å². The van der Waals surface area contributed by atoms with Gasteiger partial charge in [-0.15, -0.1) is 11.3 Å². The van der Waals surface area contributed by atoms with Crippen LogP contribution < -0.4 is 14.7 Å². The zero-order chi connectivity index (χ0) is 43.1. The molecule has 0 bridgehead atoms. The molecule has 0 aliphatic heterocycles. The molecule has 308 valence electrons. The summed E-state index contributed by atoms with van der Waals surface area (Å²) in [6.45, 7) is 0. The van der Waals surface area contributed by atoms with Gasteiger partial charge in [0.1, 0.15) is 0 Å². The van der Waals surface area contributed by atoms with E-state index in [0.717, 1.165) is 56.7 Å². The Morgan fingerprint density at radius 3 is 1.18 bits per heavy atom. The Bertz CT molecular complexity index is 3460. The molecule has 0 radical (unpaired) electrons. The Hall–Kier alpha value is -8.38. The molecular weight excluding hydrogens is 809 g/mol. The lowest BCUT2D eigenvalue weighted by molar-refractivity contribution is 1.17. The van der Waals surface area contributed by atoms with Crippen molar-refractivity contribution in [3.8, 4) is 5.69 Å². The molecule has 65 heavy (non-hydrogen) atoms. The average Bonchev–Trinajstić information content (AvgIpc) is 3.90. The minimum Gasteiger partial charge on any atom is -0.311 e. The van der Waals surface area contributed by atoms with Crippen LogP contribution in [0.5, 0.6) is 0 Å². The highest BCUT2D eigenvalue weighted by Crippen LogP contribution is 2.48. The predicted molar refractivity (Wildman–Crippen MR) is 278 cm³/mol. The molecule has 0 aliphatic rings. The van der Waals surface area contributed by atoms with E-state index in [9.17, 15) is 0 Å². The standard InChI is InChI=1S/C60H42N4S/c1-7-20-43(21-8-1)61(44-22-9-2-10-23-44)49-34-36-50(37-35-49)64-56-39-38-51(62(45-24-11-3-12-25-45)46-26-13-4-14-27-46)40-53(56)54-41-55-52-32-19-33-57(60(52)65-59(55)42-58(54)64)63(47-28-15-5-16-29-47)48-30-17-6-18-31-48/h1-42H. The van der Waals surface area contributed by atoms with Gasteiger partial charge in [0.25, 0.3) is 0 Å². The molecule has 12 aromatic rings. The van der Waals surface area contributed by atoms with Gasteiger partial charge in [-0.1, -0.05) is 121 Å². The molecular formula is C60H42N4S. The van der Waals surface area contributed by atoms with Gasteiger partial charge in [0, 0.05) is 77.4 Å². The van der Waals surface area contributed by atoms with Crippen LogP contribution in [-0.2, 0) is 0 Å². The molecule has 0 atom stereocenters. The molecule has 0 unspecified atom stereocenters. The summed E-state index contributed by atoms with van der Waals surface area (Å²) in [6.07, 6.45) is 0. The Balaban J connectivity index is 1.08. The second kappa shape index (κ2) is 16.4. The van der Waals surface area contributed by atoms with Crippen LogP contribution in [0.1, 0.15) is 0 Å². The number of fused-ring (bicyclic) bond motifs is 6. The maximum absolute atomic E-state index is 2.45. The van der Waals surface area contributed by atoms with Gasteiger partial charge in [-0.3, -0.25) is 0 Å². The highest BCUT2D eigenvalue weighted by atomic mass is 32.1. The van der Waals surface area contributed by atoms with Crippen molar-refractivity contribution in [2.24, 2.45) is 0 Å². The monoisotopic (exact) mass is 850 g/mol. The zero-order valence-electron chi connectivity index (χ0n) is 35.4. The summed E-state index contributed by atoms with van der Waals surface area (Å²) in [4.78, 5) is 7.05. The molecule has 10 aromatic carbocycles. The third kappa shape index (κ3) is 6.87. The number of anilines is 9. The highest BCUT2D eigenvalue weighted by molar-refractivity contribution is 7.26. The van der Waals surface area contributed by atoms with Crippen LogP contribution in [0.3, 0.4) is 0 Å². The third-order valence-electron chi connectivity index (χ3n) is 12.3. The van der Waals surface area contributed by atoms with E-state index in [1.54, 1.807) is 0 Å². The summed E-state index contributed by atoms with van der Waals surface area (Å²) in [5.74, 6) is 0. The molecule has 0 saturated heterocycles. The summed E-state index contributed by atoms with van der Waals surface area (Å²) >= 11 is 1.87. The summed E-state index contributed by atoms with van der Waals surface area (Å²) in [7, 11) is 0. The Morgan fingerprint density at radius 2 is 0.692 bits per heavy atom. The van der Waals surface area contributed by atoms with E-state index in [1.807, 2.05) is 11.3 Å². The first-order valence-electron chi connectivity index (χ1n) is 22.0. The van der Waals surface area contributed by atoms with Crippen molar-refractivity contribution >= 4 is 105 Å². The number of thiophene rings is 1. The Labute approximate surface area is 382 Å². The van der Waals surface area contributed by atoms with Crippen molar-refractivity contribution in [2.75, 3.05) is 14.7 Å². The van der Waals surface area contributed by atoms with E-state index < -0.39 is 0 Å². The normalized spacial score (nSPS) is 11.4. The van der Waals surface area contributed by atoms with Gasteiger partial charge in [0.2, 0.25) is 0 Å². The molecule has 4 nitrogen and oxygen atoms in total. The molecule has 0 fully saturated rings. The van der Waals surface area contributed by atoms with Gasteiger partial charge in [0.05, 0.1) is 21.4 Å². The zero-order valence-corrected chi connectivity index (χ0v) is 36.3. The lowest BCUT2D eigenvalue weighted by Gasteiger charge is -2.26. The average molecular weight is 851 g/mol. The largest absolute Gasteiger partial charge is 0.311 e. The fourth-order valence-electron chi connectivity index (χ4n) is 9.41. The molecule has 0 amide bonds. The van der Waals surface area contributed by atoms with E-state index in [-0.39, 0.29) is 0 Å². The number of nitrogens with zero attached hydrogens (tertiary/aromatic N) is 4. The summed E-state index contributed by atoms with van der Waals surface area (Å²) in [6, 6.07) is 91.6. The number of para-hydroxylation sites is 6. The minimum atomic E-state index is 1.09. The molecule has 0 N–H and O–H groups in total. The van der Waals surface area contributed by atoms with Gasteiger partial charge < -0.3 is 19.3 Å². The van der Waals surface area contributed by atoms with Crippen LogP contribution in [0, 0.1) is 0 Å². The van der Waals surface area contributed by atoms with E-state index >= 15 is 0 Å². The van der Waals surface area contributed by atoms with E-state index in [4.69, 9.17) is 0 Å². The summed E-state index contributed by atoms with van der Waals surface area (Å²) < 4.78 is 4.95. The van der Waals surface area contributed by atoms with Crippen molar-refractivity contribution in [1.82, 2.24) is 4.57 Å². The second-order valence-corrected chi connectivity index (χ2v) is 17.2. The third-order valence-corrected chi connectivity index (χ3v) is 13.5. The van der Waals surface area contributed by atoms with Crippen LogP contribution in [0.25, 0.3) is 47.7 Å². The molecule has 0 spiro atoms. The van der Waals surface area contributed by atoms with Gasteiger partial charge in [-0.05, 0) is 133 Å². The SMILES string of the molecule is c1ccc(N(c2ccccc2)c2ccc(-n3c4ccc(N(c5ccccc5)c5ccccc5)cc4c4cc5c(cc43)sc3c(N(c4ccccc4)c4ccccc4)cccc35)cc2)cc1. The topological polar surface area (TPSA) is 14.7 Å². The second-order valence-electron chi connectivity index (χ2n) is 16.2. The molecule has 0 saturated carbocycles. The summed E-state index contributed by atoms with van der Waals surface area (Å²) in [5, 5.41) is 4.91. The maximum atomic E-state index is 2.45. The number of benzene rings is 10. The van der Waals surface area contributed by atoms with Crippen molar-refractivity contribution < 1.29 is 0 Å². The van der Waals surface area contributed by atoms with Crippen LogP contribution in [0.2, 0.25) is 0 Å². The van der Waals surface area contributed by atoms with Crippen LogP contribution in [0.4, 0.5) is 51.2 Å². The fraction of sp³-hybridized carbons (Fsp3) is 0. The Morgan fingerprint density at radius 1 is 0.277 bits per heavy atom. The van der Waals surface area contributed by atoms with Gasteiger partial charge in [-0.25, -0.2) is 0 Å². The lowest BCUT2D eigenvalue weighted by atomic mass is 10.1.